The average molecular weight is 399 g/mol. The third-order valence-corrected chi connectivity index (χ3v) is 5.24. The van der Waals surface area contributed by atoms with E-state index in [1.807, 2.05) is 71.2 Å². The zero-order chi connectivity index (χ0) is 20.5. The minimum Gasteiger partial charge on any atom is -0.353 e. The Kier molecular flexibility index (Phi) is 4.59. The molecule has 5 rings (SSSR count). The number of hydrogen-bond donors (Lipinski definition) is 0. The number of hydrogen-bond acceptors (Lipinski definition) is 6. The Balaban J connectivity index is 1.31. The zero-order valence-corrected chi connectivity index (χ0v) is 16.6. The fourth-order valence-corrected chi connectivity index (χ4v) is 3.68. The maximum absolute atomic E-state index is 12.9. The second-order valence-corrected chi connectivity index (χ2v) is 7.25. The van der Waals surface area contributed by atoms with E-state index in [0.717, 1.165) is 28.5 Å². The van der Waals surface area contributed by atoms with Gasteiger partial charge in [-0.15, -0.1) is 0 Å². The summed E-state index contributed by atoms with van der Waals surface area (Å²) < 4.78 is 1.97. The summed E-state index contributed by atoms with van der Waals surface area (Å²) in [6.07, 6.45) is 5.49. The Morgan fingerprint density at radius 3 is 2.33 bits per heavy atom. The number of anilines is 1. The first-order valence-electron chi connectivity index (χ1n) is 9.92. The maximum atomic E-state index is 12.9. The first kappa shape index (κ1) is 18.2. The first-order valence-corrected chi connectivity index (χ1v) is 9.92. The molecule has 8 heteroatoms. The van der Waals surface area contributed by atoms with Crippen molar-refractivity contribution in [3.63, 3.8) is 0 Å². The van der Waals surface area contributed by atoms with Crippen molar-refractivity contribution in [2.24, 2.45) is 0 Å². The van der Waals surface area contributed by atoms with Gasteiger partial charge in [-0.1, -0.05) is 12.1 Å². The number of rotatable bonds is 3. The zero-order valence-electron chi connectivity index (χ0n) is 16.6. The van der Waals surface area contributed by atoms with Gasteiger partial charge < -0.3 is 14.4 Å². The van der Waals surface area contributed by atoms with Crippen molar-refractivity contribution < 1.29 is 4.79 Å². The van der Waals surface area contributed by atoms with Gasteiger partial charge in [0.25, 0.3) is 5.91 Å². The van der Waals surface area contributed by atoms with Gasteiger partial charge in [0.1, 0.15) is 23.2 Å². The van der Waals surface area contributed by atoms with E-state index >= 15 is 0 Å². The maximum Gasteiger partial charge on any atom is 0.274 e. The van der Waals surface area contributed by atoms with Crippen molar-refractivity contribution >= 4 is 22.8 Å². The summed E-state index contributed by atoms with van der Waals surface area (Å²) in [5, 5.41) is 0. The van der Waals surface area contributed by atoms with Crippen LogP contribution < -0.4 is 4.90 Å². The molecule has 0 unspecified atom stereocenters. The Morgan fingerprint density at radius 2 is 1.57 bits per heavy atom. The molecular weight excluding hydrogens is 378 g/mol. The van der Waals surface area contributed by atoms with Crippen LogP contribution in [0.1, 0.15) is 16.3 Å². The fourth-order valence-electron chi connectivity index (χ4n) is 3.68. The number of benzene rings is 1. The molecule has 4 heterocycles. The monoisotopic (exact) mass is 399 g/mol. The van der Waals surface area contributed by atoms with Crippen LogP contribution in [0.25, 0.3) is 16.9 Å². The Labute approximate surface area is 173 Å². The predicted molar refractivity (Wildman–Crippen MR) is 114 cm³/mol. The van der Waals surface area contributed by atoms with E-state index in [1.165, 1.54) is 0 Å². The lowest BCUT2D eigenvalue weighted by Crippen LogP contribution is -2.49. The van der Waals surface area contributed by atoms with Crippen molar-refractivity contribution in [3.8, 4) is 5.82 Å². The van der Waals surface area contributed by atoms with Gasteiger partial charge in [-0.3, -0.25) is 9.78 Å². The van der Waals surface area contributed by atoms with Crippen LogP contribution in [0.5, 0.6) is 0 Å². The van der Waals surface area contributed by atoms with Crippen LogP contribution in [0, 0.1) is 6.92 Å². The molecule has 150 valence electrons. The molecule has 0 radical (unpaired) electrons. The van der Waals surface area contributed by atoms with Crippen LogP contribution in [0.3, 0.4) is 0 Å². The van der Waals surface area contributed by atoms with E-state index in [4.69, 9.17) is 0 Å². The Hall–Kier alpha value is -3.81. The van der Waals surface area contributed by atoms with E-state index in [-0.39, 0.29) is 5.91 Å². The highest BCUT2D eigenvalue weighted by Crippen LogP contribution is 2.19. The summed E-state index contributed by atoms with van der Waals surface area (Å²) in [6, 6.07) is 13.5. The number of amides is 1. The molecule has 8 nitrogen and oxygen atoms in total. The highest BCUT2D eigenvalue weighted by molar-refractivity contribution is 5.94. The summed E-state index contributed by atoms with van der Waals surface area (Å²) in [6.45, 7) is 4.52. The number of carbonyl (C=O) groups is 1. The van der Waals surface area contributed by atoms with Gasteiger partial charge in [0.2, 0.25) is 0 Å². The molecule has 1 amide bonds. The molecule has 1 aromatic carbocycles. The molecule has 1 fully saturated rings. The highest BCUT2D eigenvalue weighted by Gasteiger charge is 2.24. The number of carbonyl (C=O) groups excluding carboxylic acids is 1. The summed E-state index contributed by atoms with van der Waals surface area (Å²) in [7, 11) is 0. The Bertz CT molecular complexity index is 1200. The van der Waals surface area contributed by atoms with Gasteiger partial charge in [0, 0.05) is 44.6 Å². The minimum atomic E-state index is -0.0835. The van der Waals surface area contributed by atoms with Gasteiger partial charge in [-0.25, -0.2) is 15.0 Å². The molecule has 3 aromatic heterocycles. The molecule has 1 saturated heterocycles. The lowest BCUT2D eigenvalue weighted by molar-refractivity contribution is 0.0740. The van der Waals surface area contributed by atoms with Crippen LogP contribution in [-0.2, 0) is 0 Å². The van der Waals surface area contributed by atoms with Crippen molar-refractivity contribution in [1.82, 2.24) is 29.4 Å². The van der Waals surface area contributed by atoms with Crippen LogP contribution in [0.15, 0.2) is 61.1 Å². The molecule has 4 aromatic rings. The number of nitrogens with zero attached hydrogens (tertiary/aromatic N) is 7. The molecule has 0 saturated carbocycles. The number of para-hydroxylation sites is 2. The fraction of sp³-hybridized carbons (Fsp3) is 0.227. The summed E-state index contributed by atoms with van der Waals surface area (Å²) in [4.78, 5) is 34.9. The van der Waals surface area contributed by atoms with Crippen LogP contribution in [0.4, 0.5) is 5.82 Å². The second kappa shape index (κ2) is 7.55. The molecule has 0 aliphatic carbocycles. The third kappa shape index (κ3) is 3.47. The largest absolute Gasteiger partial charge is 0.353 e. The molecule has 30 heavy (non-hydrogen) atoms. The molecule has 1 aliphatic rings. The van der Waals surface area contributed by atoms with E-state index in [9.17, 15) is 4.79 Å². The average Bonchev–Trinajstić information content (AvgIpc) is 3.33. The third-order valence-electron chi connectivity index (χ3n) is 5.24. The van der Waals surface area contributed by atoms with Crippen molar-refractivity contribution in [2.75, 3.05) is 31.1 Å². The first-order chi connectivity index (χ1) is 14.7. The van der Waals surface area contributed by atoms with Gasteiger partial charge in [0.15, 0.2) is 0 Å². The molecule has 0 spiro atoms. The standard InChI is InChI=1S/C22H21N7O/c1-16-24-20(27-8-4-5-9-27)14-21(25-16)28-10-12-29(13-11-28)22(30)19-15-23-17-6-2-3-7-18(17)26-19/h2-9,14-15H,10-13H2,1H3. The number of piperazine rings is 1. The van der Waals surface area contributed by atoms with Crippen molar-refractivity contribution in [2.45, 2.75) is 6.92 Å². The summed E-state index contributed by atoms with van der Waals surface area (Å²) in [5.74, 6) is 2.36. The Morgan fingerprint density at radius 1 is 0.867 bits per heavy atom. The lowest BCUT2D eigenvalue weighted by atomic mass is 10.2. The van der Waals surface area contributed by atoms with E-state index in [1.54, 1.807) is 6.20 Å². The normalized spacial score (nSPS) is 14.3. The molecule has 0 atom stereocenters. The van der Waals surface area contributed by atoms with Gasteiger partial charge in [-0.05, 0) is 31.2 Å². The second-order valence-electron chi connectivity index (χ2n) is 7.25. The van der Waals surface area contributed by atoms with Crippen LogP contribution >= 0.6 is 0 Å². The minimum absolute atomic E-state index is 0.0835. The van der Waals surface area contributed by atoms with Crippen molar-refractivity contribution in [1.29, 1.82) is 0 Å². The number of aryl methyl sites for hydroxylation is 1. The van der Waals surface area contributed by atoms with Crippen LogP contribution in [0.2, 0.25) is 0 Å². The SMILES string of the molecule is Cc1nc(N2CCN(C(=O)c3cnc4ccccc4n3)CC2)cc(-n2cccc2)n1. The summed E-state index contributed by atoms with van der Waals surface area (Å²) >= 11 is 0. The van der Waals surface area contributed by atoms with E-state index in [2.05, 4.69) is 24.8 Å². The lowest BCUT2D eigenvalue weighted by Gasteiger charge is -2.35. The molecule has 1 aliphatic heterocycles. The topological polar surface area (TPSA) is 80.0 Å². The highest BCUT2D eigenvalue weighted by atomic mass is 16.2. The van der Waals surface area contributed by atoms with Crippen LogP contribution in [-0.4, -0.2) is 61.5 Å². The molecule has 0 bridgehead atoms. The smallest absolute Gasteiger partial charge is 0.274 e. The van der Waals surface area contributed by atoms with Gasteiger partial charge >= 0.3 is 0 Å². The number of aromatic nitrogens is 5. The number of fused-ring (bicyclic) bond motifs is 1. The van der Waals surface area contributed by atoms with Gasteiger partial charge in [0.05, 0.1) is 17.2 Å². The summed E-state index contributed by atoms with van der Waals surface area (Å²) in [5.41, 5.74) is 1.91. The molecular formula is C22H21N7O. The predicted octanol–water partition coefficient (Wildman–Crippen LogP) is 2.48. The van der Waals surface area contributed by atoms with E-state index in [0.29, 0.717) is 31.9 Å². The quantitative estimate of drug-likeness (QED) is 0.527. The van der Waals surface area contributed by atoms with Crippen molar-refractivity contribution in [3.05, 3.63) is 72.6 Å². The van der Waals surface area contributed by atoms with Gasteiger partial charge in [-0.2, -0.15) is 0 Å². The van der Waals surface area contributed by atoms with E-state index < -0.39 is 0 Å². The molecule has 0 N–H and O–H groups in total.